The third-order valence-corrected chi connectivity index (χ3v) is 4.52. The third kappa shape index (κ3) is 2.20. The van der Waals surface area contributed by atoms with Crippen molar-refractivity contribution in [3.63, 3.8) is 0 Å². The van der Waals surface area contributed by atoms with Gasteiger partial charge in [0.25, 0.3) is 5.56 Å². The van der Waals surface area contributed by atoms with Crippen LogP contribution in [0.5, 0.6) is 5.75 Å². The van der Waals surface area contributed by atoms with Gasteiger partial charge in [0, 0.05) is 21.9 Å². The third-order valence-electron chi connectivity index (χ3n) is 4.19. The van der Waals surface area contributed by atoms with E-state index in [1.807, 2.05) is 0 Å². The van der Waals surface area contributed by atoms with Gasteiger partial charge in [-0.15, -0.1) is 0 Å². The fraction of sp³-hybridized carbons (Fsp3) is 0.111. The zero-order valence-electron chi connectivity index (χ0n) is 12.3. The predicted molar refractivity (Wildman–Crippen MR) is 88.1 cm³/mol. The summed E-state index contributed by atoms with van der Waals surface area (Å²) in [4.78, 5) is 27.4. The molecule has 1 aliphatic rings. The van der Waals surface area contributed by atoms with Gasteiger partial charge in [-0.25, -0.2) is 4.39 Å². The molecule has 0 saturated carbocycles. The molecule has 4 nitrogen and oxygen atoms in total. The Balaban J connectivity index is 2.07. The zero-order valence-corrected chi connectivity index (χ0v) is 13.1. The summed E-state index contributed by atoms with van der Waals surface area (Å²) in [7, 11) is 0. The fourth-order valence-corrected chi connectivity index (χ4v) is 3.46. The topological polar surface area (TPSA) is 59.2 Å². The highest BCUT2D eigenvalue weighted by Crippen LogP contribution is 2.42. The average Bonchev–Trinajstić information content (AvgIpc) is 2.54. The lowest BCUT2D eigenvalue weighted by Crippen LogP contribution is -2.28. The van der Waals surface area contributed by atoms with Crippen molar-refractivity contribution in [1.29, 1.82) is 0 Å². The second-order valence-corrected chi connectivity index (χ2v) is 6.02. The van der Waals surface area contributed by atoms with Crippen LogP contribution in [0.15, 0.2) is 47.3 Å². The standard InChI is InChI=1S/C18H11ClFNO3/c19-11-5-3-6-12(20)15(11)10-8-14(22)24-17-9-4-1-2-7-13(9)21-18(23)16(10)17/h1-7,10H,8H2,(H,21,23). The van der Waals surface area contributed by atoms with Crippen molar-refractivity contribution in [2.45, 2.75) is 12.3 Å². The second kappa shape index (κ2) is 5.46. The van der Waals surface area contributed by atoms with E-state index in [-0.39, 0.29) is 28.3 Å². The molecule has 0 bridgehead atoms. The van der Waals surface area contributed by atoms with Gasteiger partial charge in [-0.05, 0) is 24.3 Å². The number of pyridine rings is 1. The number of fused-ring (bicyclic) bond motifs is 3. The lowest BCUT2D eigenvalue weighted by Gasteiger charge is -2.25. The summed E-state index contributed by atoms with van der Waals surface area (Å²) in [5.41, 5.74) is 0.494. The maximum atomic E-state index is 14.4. The summed E-state index contributed by atoms with van der Waals surface area (Å²) in [5, 5.41) is 0.769. The van der Waals surface area contributed by atoms with Crippen LogP contribution < -0.4 is 10.3 Å². The molecule has 0 amide bonds. The number of carbonyl (C=O) groups excluding carboxylic acids is 1. The summed E-state index contributed by atoms with van der Waals surface area (Å²) in [6.45, 7) is 0. The molecule has 0 radical (unpaired) electrons. The summed E-state index contributed by atoms with van der Waals surface area (Å²) in [6.07, 6.45) is -0.144. The van der Waals surface area contributed by atoms with Crippen molar-refractivity contribution in [2.75, 3.05) is 0 Å². The number of hydrogen-bond donors (Lipinski definition) is 1. The summed E-state index contributed by atoms with van der Waals surface area (Å²) in [5.74, 6) is -1.69. The lowest BCUT2D eigenvalue weighted by atomic mass is 9.86. The predicted octanol–water partition coefficient (Wildman–Crippen LogP) is 3.76. The molecule has 120 valence electrons. The van der Waals surface area contributed by atoms with Gasteiger partial charge < -0.3 is 9.72 Å². The van der Waals surface area contributed by atoms with Crippen molar-refractivity contribution < 1.29 is 13.9 Å². The normalized spacial score (nSPS) is 16.8. The first-order valence-electron chi connectivity index (χ1n) is 7.35. The first-order valence-corrected chi connectivity index (χ1v) is 7.73. The monoisotopic (exact) mass is 343 g/mol. The molecule has 1 aromatic heterocycles. The molecule has 0 saturated heterocycles. The Morgan fingerprint density at radius 3 is 2.67 bits per heavy atom. The number of halogens is 2. The first-order chi connectivity index (χ1) is 11.6. The second-order valence-electron chi connectivity index (χ2n) is 5.61. The highest BCUT2D eigenvalue weighted by atomic mass is 35.5. The SMILES string of the molecule is O=C1CC(c2c(F)cccc2Cl)c2c(c3ccccc3[nH]c2=O)O1. The van der Waals surface area contributed by atoms with Crippen molar-refractivity contribution >= 4 is 28.5 Å². The van der Waals surface area contributed by atoms with Crippen LogP contribution in [0.25, 0.3) is 10.9 Å². The molecular formula is C18H11ClFNO3. The summed E-state index contributed by atoms with van der Waals surface area (Å²) in [6, 6.07) is 11.3. The molecule has 0 aliphatic carbocycles. The van der Waals surface area contributed by atoms with Crippen LogP contribution >= 0.6 is 11.6 Å². The number of H-pyrrole nitrogens is 1. The maximum absolute atomic E-state index is 14.4. The quantitative estimate of drug-likeness (QED) is 0.684. The number of benzene rings is 2. The molecule has 1 unspecified atom stereocenters. The van der Waals surface area contributed by atoms with Crippen LogP contribution in [-0.2, 0) is 4.79 Å². The number of carbonyl (C=O) groups is 1. The molecule has 2 heterocycles. The van der Waals surface area contributed by atoms with Gasteiger partial charge in [-0.1, -0.05) is 29.8 Å². The van der Waals surface area contributed by atoms with Crippen LogP contribution in [-0.4, -0.2) is 11.0 Å². The van der Waals surface area contributed by atoms with Crippen molar-refractivity contribution in [2.24, 2.45) is 0 Å². The minimum Gasteiger partial charge on any atom is -0.425 e. The van der Waals surface area contributed by atoms with E-state index >= 15 is 0 Å². The molecule has 1 atom stereocenters. The molecule has 0 spiro atoms. The lowest BCUT2D eigenvalue weighted by molar-refractivity contribution is -0.135. The fourth-order valence-electron chi connectivity index (χ4n) is 3.17. The van der Waals surface area contributed by atoms with E-state index in [1.165, 1.54) is 18.2 Å². The van der Waals surface area contributed by atoms with Crippen LogP contribution in [0.2, 0.25) is 5.02 Å². The number of rotatable bonds is 1. The van der Waals surface area contributed by atoms with E-state index < -0.39 is 23.3 Å². The van der Waals surface area contributed by atoms with E-state index in [4.69, 9.17) is 16.3 Å². The zero-order chi connectivity index (χ0) is 16.8. The molecule has 1 N–H and O–H groups in total. The first kappa shape index (κ1) is 14.9. The van der Waals surface area contributed by atoms with Gasteiger partial charge in [0.2, 0.25) is 0 Å². The van der Waals surface area contributed by atoms with Crippen molar-refractivity contribution in [1.82, 2.24) is 4.98 Å². The number of nitrogens with one attached hydrogen (secondary N) is 1. The van der Waals surface area contributed by atoms with Gasteiger partial charge in [0.1, 0.15) is 11.6 Å². The van der Waals surface area contributed by atoms with Crippen LogP contribution in [0.3, 0.4) is 0 Å². The number of hydrogen-bond acceptors (Lipinski definition) is 3. The molecule has 24 heavy (non-hydrogen) atoms. The van der Waals surface area contributed by atoms with E-state index in [9.17, 15) is 14.0 Å². The number of para-hydroxylation sites is 1. The molecular weight excluding hydrogens is 333 g/mol. The summed E-state index contributed by atoms with van der Waals surface area (Å²) >= 11 is 6.14. The number of aromatic nitrogens is 1. The van der Waals surface area contributed by atoms with Gasteiger partial charge in [-0.2, -0.15) is 0 Å². The van der Waals surface area contributed by atoms with E-state index in [2.05, 4.69) is 4.98 Å². The van der Waals surface area contributed by atoms with Gasteiger partial charge in [0.05, 0.1) is 17.5 Å². The van der Waals surface area contributed by atoms with Crippen LogP contribution in [0, 0.1) is 5.82 Å². The Bertz CT molecular complexity index is 1020. The molecule has 0 fully saturated rings. The summed E-state index contributed by atoms with van der Waals surface area (Å²) < 4.78 is 19.7. The van der Waals surface area contributed by atoms with E-state index in [1.54, 1.807) is 24.3 Å². The van der Waals surface area contributed by atoms with Gasteiger partial charge >= 0.3 is 5.97 Å². The van der Waals surface area contributed by atoms with Gasteiger partial charge in [-0.3, -0.25) is 9.59 Å². The maximum Gasteiger partial charge on any atom is 0.312 e. The smallest absolute Gasteiger partial charge is 0.312 e. The van der Waals surface area contributed by atoms with Crippen LogP contribution in [0.1, 0.15) is 23.5 Å². The Kier molecular flexibility index (Phi) is 3.39. The Hall–Kier alpha value is -2.66. The molecule has 2 aromatic carbocycles. The molecule has 6 heteroatoms. The molecule has 1 aliphatic heterocycles. The van der Waals surface area contributed by atoms with Gasteiger partial charge in [0.15, 0.2) is 0 Å². The van der Waals surface area contributed by atoms with Crippen LogP contribution in [0.4, 0.5) is 4.39 Å². The molecule has 4 rings (SSSR count). The number of ether oxygens (including phenoxy) is 1. The van der Waals surface area contributed by atoms with E-state index in [0.717, 1.165) is 0 Å². The number of aromatic amines is 1. The average molecular weight is 344 g/mol. The Morgan fingerprint density at radius 2 is 1.88 bits per heavy atom. The van der Waals surface area contributed by atoms with E-state index in [0.29, 0.717) is 10.9 Å². The number of esters is 1. The van der Waals surface area contributed by atoms with Crippen molar-refractivity contribution in [3.05, 3.63) is 74.8 Å². The largest absolute Gasteiger partial charge is 0.425 e. The highest BCUT2D eigenvalue weighted by Gasteiger charge is 2.35. The minimum atomic E-state index is -0.789. The highest BCUT2D eigenvalue weighted by molar-refractivity contribution is 6.31. The minimum absolute atomic E-state index is 0.137. The van der Waals surface area contributed by atoms with Crippen molar-refractivity contribution in [3.8, 4) is 5.75 Å². The Labute approximate surface area is 140 Å². The Morgan fingerprint density at radius 1 is 1.08 bits per heavy atom. The molecule has 3 aromatic rings.